The van der Waals surface area contributed by atoms with Gasteiger partial charge in [-0.15, -0.1) is 29.7 Å². The summed E-state index contributed by atoms with van der Waals surface area (Å²) in [6.07, 6.45) is 5.61. The summed E-state index contributed by atoms with van der Waals surface area (Å²) in [5.41, 5.74) is 12.6. The summed E-state index contributed by atoms with van der Waals surface area (Å²) in [5, 5.41) is 2.10. The molecule has 4 heterocycles. The number of imidazole rings is 1. The number of nitrogens with zero attached hydrogens (tertiary/aromatic N) is 4. The first kappa shape index (κ1) is 38.5. The number of benzene rings is 8. The molecule has 0 unspecified atom stereocenters. The molecule has 8 aromatic carbocycles. The minimum absolute atomic E-state index is 0. The van der Waals surface area contributed by atoms with Gasteiger partial charge in [0.1, 0.15) is 5.82 Å². The minimum Gasteiger partial charge on any atom is -0.510 e. The van der Waals surface area contributed by atoms with Crippen LogP contribution in [0, 0.1) is 32.2 Å². The molecule has 0 saturated carbocycles. The van der Waals surface area contributed by atoms with E-state index in [0.717, 1.165) is 77.6 Å². The van der Waals surface area contributed by atoms with E-state index in [2.05, 4.69) is 131 Å². The largest absolute Gasteiger partial charge is 0.510 e. The Morgan fingerprint density at radius 2 is 1.17 bits per heavy atom. The number of pyridine rings is 1. The standard InChI is InChI=1S/C64H52N4O.Pt/c1-40-17-13-18-41(2)60(40)54-26-15-24-53-55-35-42(63(3,4)5)29-31-49(55)47-21-9-10-22-48(47)52-25-16-28-57-62(52)67(61(53)54)39-66(57)44-19-14-20-45(37-44)69-46-30-32-51-50-23-11-12-27-56(50)68(58(51)38-46)59-36-43(33-34-65-59)64(6,7)8;/h9-36H,1-8H3;/q-2;/i1D3,2D3;. The molecule has 0 spiro atoms. The third-order valence-electron chi connectivity index (χ3n) is 13.6. The summed E-state index contributed by atoms with van der Waals surface area (Å²) in [4.78, 5) is 4.86. The summed E-state index contributed by atoms with van der Waals surface area (Å²) >= 11 is 0. The number of hydrogen-bond donors (Lipinski definition) is 0. The van der Waals surface area contributed by atoms with Gasteiger partial charge in [0.15, 0.2) is 0 Å². The molecule has 0 N–H and O–H groups in total. The van der Waals surface area contributed by atoms with Crippen LogP contribution in [0.3, 0.4) is 0 Å². The fourth-order valence-electron chi connectivity index (χ4n) is 10.1. The zero-order valence-electron chi connectivity index (χ0n) is 45.7. The maximum atomic E-state index is 8.82. The number of ether oxygens (including phenoxy) is 1. The average Bonchev–Trinajstić information content (AvgIpc) is 4.00. The Bertz CT molecular complexity index is 4080. The predicted molar refractivity (Wildman–Crippen MR) is 282 cm³/mol. The van der Waals surface area contributed by atoms with Gasteiger partial charge in [0.25, 0.3) is 6.33 Å². The number of hydrogen-bond acceptors (Lipinski definition) is 2. The van der Waals surface area contributed by atoms with Crippen LogP contribution in [0.1, 0.15) is 72.0 Å². The van der Waals surface area contributed by atoms with Gasteiger partial charge in [-0.3, -0.25) is 4.57 Å². The zero-order chi connectivity index (χ0) is 52.3. The van der Waals surface area contributed by atoms with Crippen LogP contribution in [-0.4, -0.2) is 14.1 Å². The first-order chi connectivity index (χ1) is 35.7. The van der Waals surface area contributed by atoms with Crippen LogP contribution in [0.25, 0.3) is 94.5 Å². The number of para-hydroxylation sites is 3. The fraction of sp³-hybridized carbons (Fsp3) is 0.156. The zero-order valence-corrected chi connectivity index (χ0v) is 42.0. The van der Waals surface area contributed by atoms with Crippen molar-refractivity contribution >= 4 is 32.8 Å². The van der Waals surface area contributed by atoms with Crippen LogP contribution < -0.4 is 9.30 Å². The molecule has 0 amide bonds. The van der Waals surface area contributed by atoms with Gasteiger partial charge in [-0.25, -0.2) is 4.98 Å². The molecule has 346 valence electrons. The van der Waals surface area contributed by atoms with Crippen LogP contribution in [0.4, 0.5) is 0 Å². The van der Waals surface area contributed by atoms with E-state index in [0.29, 0.717) is 28.4 Å². The first-order valence-corrected chi connectivity index (χ1v) is 23.4. The minimum atomic E-state index is -2.65. The molecular weight excluding hydrogens is 1040 g/mol. The Morgan fingerprint density at radius 3 is 1.96 bits per heavy atom. The van der Waals surface area contributed by atoms with Gasteiger partial charge in [0, 0.05) is 52.5 Å². The molecule has 1 aliphatic rings. The molecule has 11 aromatic rings. The second kappa shape index (κ2) is 17.0. The fourth-order valence-corrected chi connectivity index (χ4v) is 10.1. The molecule has 12 rings (SSSR count). The molecule has 0 saturated heterocycles. The summed E-state index contributed by atoms with van der Waals surface area (Å²) in [6.45, 7) is 7.83. The predicted octanol–water partition coefficient (Wildman–Crippen LogP) is 15.8. The Labute approximate surface area is 433 Å². The van der Waals surface area contributed by atoms with Crippen LogP contribution in [0.2, 0.25) is 0 Å². The van der Waals surface area contributed by atoms with Gasteiger partial charge < -0.3 is 13.9 Å². The van der Waals surface area contributed by atoms with Crippen molar-refractivity contribution in [3.05, 3.63) is 211 Å². The molecule has 0 aliphatic carbocycles. The number of rotatable bonds is 5. The third-order valence-corrected chi connectivity index (χ3v) is 13.6. The second-order valence-corrected chi connectivity index (χ2v) is 20.0. The van der Waals surface area contributed by atoms with Crippen molar-refractivity contribution in [2.75, 3.05) is 0 Å². The van der Waals surface area contributed by atoms with Crippen molar-refractivity contribution in [2.24, 2.45) is 0 Å². The van der Waals surface area contributed by atoms with E-state index in [1.807, 2.05) is 94.2 Å². The Balaban J connectivity index is 0.00000616. The summed E-state index contributed by atoms with van der Waals surface area (Å²) < 4.78 is 65.7. The van der Waals surface area contributed by atoms with Crippen molar-refractivity contribution in [1.82, 2.24) is 14.1 Å². The Hall–Kier alpha value is -7.33. The number of fused-ring (bicyclic) bond motifs is 10. The van der Waals surface area contributed by atoms with E-state index < -0.39 is 13.7 Å². The van der Waals surface area contributed by atoms with Gasteiger partial charge in [0.2, 0.25) is 0 Å². The smallest absolute Gasteiger partial charge is 0.268 e. The SMILES string of the molecule is [2H]C([2H])([2H])c1cccc(C([2H])([2H])[2H])c1-c1cccc2c1-[n+]1[c-]n(-c3[c-]c(Oc4[c-]c5c(cc4)c4ccccc4n5-c4cc(C(C)(C)C)ccn4)ccc3)c3cccc(c31)-c1ccccc1-c1ccc(C(C)(C)C)cc1-2.[Pt]. The average molecular weight is 1090 g/mol. The Kier molecular flexibility index (Phi) is 9.33. The summed E-state index contributed by atoms with van der Waals surface area (Å²) in [5.74, 6) is 1.73. The molecule has 0 fully saturated rings. The molecule has 3 aromatic heterocycles. The van der Waals surface area contributed by atoms with Gasteiger partial charge in [-0.1, -0.05) is 162 Å². The van der Waals surface area contributed by atoms with Crippen molar-refractivity contribution in [1.29, 1.82) is 0 Å². The monoisotopic (exact) mass is 1090 g/mol. The molecule has 0 atom stereocenters. The number of aromatic nitrogens is 4. The van der Waals surface area contributed by atoms with Gasteiger partial charge >= 0.3 is 0 Å². The van der Waals surface area contributed by atoms with Crippen molar-refractivity contribution < 1.29 is 38.6 Å². The van der Waals surface area contributed by atoms with Crippen LogP contribution in [0.5, 0.6) is 11.5 Å². The van der Waals surface area contributed by atoms with E-state index >= 15 is 0 Å². The van der Waals surface area contributed by atoms with Gasteiger partial charge in [-0.05, 0) is 121 Å². The van der Waals surface area contributed by atoms with Crippen LogP contribution in [0.15, 0.2) is 170 Å². The second-order valence-electron chi connectivity index (χ2n) is 20.0. The quantitative estimate of drug-likeness (QED) is 0.127. The van der Waals surface area contributed by atoms with Crippen molar-refractivity contribution in [2.45, 2.75) is 66.1 Å². The third kappa shape index (κ3) is 7.42. The van der Waals surface area contributed by atoms with Gasteiger partial charge in [-0.2, -0.15) is 18.2 Å². The van der Waals surface area contributed by atoms with Crippen LogP contribution >= 0.6 is 0 Å². The maximum Gasteiger partial charge on any atom is 0.268 e. The molecule has 5 nitrogen and oxygen atoms in total. The summed E-state index contributed by atoms with van der Waals surface area (Å²) in [6, 6.07) is 60.9. The van der Waals surface area contributed by atoms with Crippen molar-refractivity contribution in [3.8, 4) is 73.2 Å². The van der Waals surface area contributed by atoms with Crippen LogP contribution in [-0.2, 0) is 31.9 Å². The van der Waals surface area contributed by atoms with Gasteiger partial charge in [0.05, 0.1) is 16.7 Å². The number of aryl methyl sites for hydroxylation is 2. The Morgan fingerprint density at radius 1 is 0.543 bits per heavy atom. The first-order valence-electron chi connectivity index (χ1n) is 26.4. The van der Waals surface area contributed by atoms with Crippen molar-refractivity contribution in [3.63, 3.8) is 0 Å². The molecule has 0 radical (unpaired) electrons. The normalized spacial score (nSPS) is 13.8. The van der Waals surface area contributed by atoms with E-state index in [-0.39, 0.29) is 48.6 Å². The molecule has 70 heavy (non-hydrogen) atoms. The van der Waals surface area contributed by atoms with E-state index in [1.165, 1.54) is 23.8 Å². The van der Waals surface area contributed by atoms with E-state index in [1.54, 1.807) is 0 Å². The topological polar surface area (TPSA) is 35.9 Å². The molecular formula is C64H52N4OPt-2. The molecule has 6 heteroatoms. The van der Waals surface area contributed by atoms with E-state index in [9.17, 15) is 0 Å². The molecule has 0 bridgehead atoms. The molecule has 1 aliphatic heterocycles. The maximum absolute atomic E-state index is 8.82. The summed E-state index contributed by atoms with van der Waals surface area (Å²) in [7, 11) is 0. The van der Waals surface area contributed by atoms with E-state index in [4.69, 9.17) is 17.9 Å².